The molecule has 9 heteroatoms. The topological polar surface area (TPSA) is 116 Å². The normalized spacial score (nSPS) is 10.2. The van der Waals surface area contributed by atoms with Crippen LogP contribution in [0.15, 0.2) is 24.4 Å². The van der Waals surface area contributed by atoms with Gasteiger partial charge in [-0.05, 0) is 12.1 Å². The van der Waals surface area contributed by atoms with Gasteiger partial charge in [0.2, 0.25) is 5.91 Å². The molecule has 0 unspecified atom stereocenters. The van der Waals surface area contributed by atoms with Crippen LogP contribution in [0, 0.1) is 0 Å². The lowest BCUT2D eigenvalue weighted by Crippen LogP contribution is -2.27. The lowest BCUT2D eigenvalue weighted by molar-refractivity contribution is -0.122. The lowest BCUT2D eigenvalue weighted by atomic mass is 10.2. The highest BCUT2D eigenvalue weighted by atomic mass is 16.5. The van der Waals surface area contributed by atoms with Crippen molar-refractivity contribution < 1.29 is 24.2 Å². The molecular formula is C14H16N4O5. The van der Waals surface area contributed by atoms with Crippen molar-refractivity contribution in [3.05, 3.63) is 35.7 Å². The fraction of sp³-hybridized carbons (Fsp3) is 0.286. The summed E-state index contributed by atoms with van der Waals surface area (Å²) in [6, 6.07) is 5.27. The van der Waals surface area contributed by atoms with Crippen molar-refractivity contribution in [2.24, 2.45) is 0 Å². The van der Waals surface area contributed by atoms with Crippen LogP contribution >= 0.6 is 0 Å². The number of carbonyl (C=O) groups is 2. The van der Waals surface area contributed by atoms with Crippen LogP contribution in [0.1, 0.15) is 16.1 Å². The fourth-order valence-corrected chi connectivity index (χ4v) is 1.87. The molecular weight excluding hydrogens is 304 g/mol. The number of carboxylic acid groups (broad SMARTS) is 1. The molecule has 1 aromatic carbocycles. The molecule has 122 valence electrons. The van der Waals surface area contributed by atoms with Crippen molar-refractivity contribution in [3.8, 4) is 11.5 Å². The highest BCUT2D eigenvalue weighted by Gasteiger charge is 2.11. The Balaban J connectivity index is 1.94. The van der Waals surface area contributed by atoms with Crippen LogP contribution in [-0.4, -0.2) is 46.2 Å². The van der Waals surface area contributed by atoms with Gasteiger partial charge in [-0.25, -0.2) is 9.48 Å². The molecule has 0 fully saturated rings. The molecule has 0 saturated carbocycles. The second-order valence-corrected chi connectivity index (χ2v) is 4.56. The summed E-state index contributed by atoms with van der Waals surface area (Å²) in [5, 5.41) is 18.5. The lowest BCUT2D eigenvalue weighted by Gasteiger charge is -2.11. The zero-order valence-corrected chi connectivity index (χ0v) is 12.6. The van der Waals surface area contributed by atoms with Crippen LogP contribution in [0.25, 0.3) is 0 Å². The van der Waals surface area contributed by atoms with Crippen molar-refractivity contribution in [1.29, 1.82) is 0 Å². The zero-order valence-electron chi connectivity index (χ0n) is 12.6. The van der Waals surface area contributed by atoms with E-state index >= 15 is 0 Å². The van der Waals surface area contributed by atoms with E-state index in [1.165, 1.54) is 13.3 Å². The number of hydrogen-bond donors (Lipinski definition) is 2. The van der Waals surface area contributed by atoms with Crippen molar-refractivity contribution in [1.82, 2.24) is 20.3 Å². The van der Waals surface area contributed by atoms with Gasteiger partial charge in [-0.15, -0.1) is 5.10 Å². The molecule has 0 radical (unpaired) electrons. The molecule has 2 aromatic rings. The minimum absolute atomic E-state index is 0.126. The van der Waals surface area contributed by atoms with E-state index in [1.807, 2.05) is 0 Å². The van der Waals surface area contributed by atoms with E-state index in [1.54, 1.807) is 25.3 Å². The molecule has 1 aromatic heterocycles. The highest BCUT2D eigenvalue weighted by molar-refractivity contribution is 5.84. The predicted molar refractivity (Wildman–Crippen MR) is 78.4 cm³/mol. The number of rotatable bonds is 7. The van der Waals surface area contributed by atoms with E-state index in [2.05, 4.69) is 15.6 Å². The Kier molecular flexibility index (Phi) is 5.13. The summed E-state index contributed by atoms with van der Waals surface area (Å²) in [6.07, 6.45) is 1.19. The molecule has 0 aliphatic carbocycles. The van der Waals surface area contributed by atoms with Crippen molar-refractivity contribution in [2.75, 3.05) is 14.2 Å². The monoisotopic (exact) mass is 320 g/mol. The predicted octanol–water partition coefficient (Wildman–Crippen LogP) is 0.310. The van der Waals surface area contributed by atoms with Gasteiger partial charge in [0.05, 0.1) is 20.4 Å². The molecule has 0 spiro atoms. The van der Waals surface area contributed by atoms with Gasteiger partial charge < -0.3 is 19.9 Å². The standard InChI is InChI=1S/C14H16N4O5/c1-22-10-4-3-9(12(5-10)23-2)6-15-13(19)8-18-7-11(14(20)21)16-17-18/h3-5,7H,6,8H2,1-2H3,(H,15,19)(H,20,21). The molecule has 0 aliphatic rings. The van der Waals surface area contributed by atoms with E-state index in [0.29, 0.717) is 11.5 Å². The number of carbonyl (C=O) groups excluding carboxylic acids is 1. The third kappa shape index (κ3) is 4.19. The van der Waals surface area contributed by atoms with Crippen LogP contribution in [0.4, 0.5) is 0 Å². The first-order valence-electron chi connectivity index (χ1n) is 6.64. The second-order valence-electron chi connectivity index (χ2n) is 4.56. The van der Waals surface area contributed by atoms with Gasteiger partial charge in [-0.1, -0.05) is 5.21 Å². The second kappa shape index (κ2) is 7.25. The van der Waals surface area contributed by atoms with E-state index < -0.39 is 5.97 Å². The molecule has 2 rings (SSSR count). The summed E-state index contributed by atoms with van der Waals surface area (Å²) in [6.45, 7) is 0.130. The Labute approximate surface area is 131 Å². The number of carboxylic acids is 1. The minimum Gasteiger partial charge on any atom is -0.497 e. The Bertz CT molecular complexity index is 713. The fourth-order valence-electron chi connectivity index (χ4n) is 1.87. The SMILES string of the molecule is COc1ccc(CNC(=O)Cn2cc(C(=O)O)nn2)c(OC)c1. The van der Waals surface area contributed by atoms with Gasteiger partial charge in [-0.3, -0.25) is 4.79 Å². The number of hydrogen-bond acceptors (Lipinski definition) is 6. The molecule has 1 amide bonds. The van der Waals surface area contributed by atoms with Gasteiger partial charge >= 0.3 is 5.97 Å². The summed E-state index contributed by atoms with van der Waals surface area (Å²) >= 11 is 0. The van der Waals surface area contributed by atoms with Crippen LogP contribution in [0.2, 0.25) is 0 Å². The van der Waals surface area contributed by atoms with Crippen LogP contribution < -0.4 is 14.8 Å². The number of methoxy groups -OCH3 is 2. The van der Waals surface area contributed by atoms with Crippen LogP contribution in [0.3, 0.4) is 0 Å². The molecule has 23 heavy (non-hydrogen) atoms. The number of nitrogens with one attached hydrogen (secondary N) is 1. The first kappa shape index (κ1) is 16.3. The Hall–Kier alpha value is -3.10. The van der Waals surface area contributed by atoms with Crippen LogP contribution in [0.5, 0.6) is 11.5 Å². The summed E-state index contributed by atoms with van der Waals surface area (Å²) < 4.78 is 11.5. The number of benzene rings is 1. The molecule has 0 aliphatic heterocycles. The summed E-state index contributed by atoms with van der Waals surface area (Å²) in [5.41, 5.74) is 0.570. The Morgan fingerprint density at radius 3 is 2.70 bits per heavy atom. The molecule has 1 heterocycles. The Morgan fingerprint density at radius 1 is 1.30 bits per heavy atom. The highest BCUT2D eigenvalue weighted by Crippen LogP contribution is 2.24. The van der Waals surface area contributed by atoms with Crippen LogP contribution in [-0.2, 0) is 17.9 Å². The smallest absolute Gasteiger partial charge is 0.358 e. The maximum Gasteiger partial charge on any atom is 0.358 e. The molecule has 9 nitrogen and oxygen atoms in total. The summed E-state index contributed by atoms with van der Waals surface area (Å²) in [4.78, 5) is 22.6. The number of nitrogens with zero attached hydrogens (tertiary/aromatic N) is 3. The summed E-state index contributed by atoms with van der Waals surface area (Å²) in [7, 11) is 3.09. The minimum atomic E-state index is -1.19. The Morgan fingerprint density at radius 2 is 2.09 bits per heavy atom. The van der Waals surface area contributed by atoms with Gasteiger partial charge in [-0.2, -0.15) is 0 Å². The van der Waals surface area contributed by atoms with E-state index in [9.17, 15) is 9.59 Å². The van der Waals surface area contributed by atoms with Gasteiger partial charge in [0, 0.05) is 18.2 Å². The van der Waals surface area contributed by atoms with Crippen molar-refractivity contribution in [3.63, 3.8) is 0 Å². The molecule has 0 saturated heterocycles. The quantitative estimate of drug-likeness (QED) is 0.754. The average Bonchev–Trinajstić information content (AvgIpc) is 3.01. The van der Waals surface area contributed by atoms with Gasteiger partial charge in [0.25, 0.3) is 0 Å². The van der Waals surface area contributed by atoms with Crippen molar-refractivity contribution >= 4 is 11.9 Å². The third-order valence-electron chi connectivity index (χ3n) is 3.03. The first-order chi connectivity index (χ1) is 11.0. The summed E-state index contributed by atoms with van der Waals surface area (Å²) in [5.74, 6) is -0.274. The number of amides is 1. The number of ether oxygens (including phenoxy) is 2. The maximum absolute atomic E-state index is 11.9. The molecule has 0 atom stereocenters. The van der Waals surface area contributed by atoms with Gasteiger partial charge in [0.1, 0.15) is 18.0 Å². The molecule has 2 N–H and O–H groups in total. The zero-order chi connectivity index (χ0) is 16.8. The first-order valence-corrected chi connectivity index (χ1v) is 6.64. The number of aromatic nitrogens is 3. The van der Waals surface area contributed by atoms with Crippen molar-refractivity contribution in [2.45, 2.75) is 13.1 Å². The molecule has 0 bridgehead atoms. The maximum atomic E-state index is 11.9. The van der Waals surface area contributed by atoms with E-state index in [4.69, 9.17) is 14.6 Å². The van der Waals surface area contributed by atoms with Gasteiger partial charge in [0.15, 0.2) is 5.69 Å². The number of aromatic carboxylic acids is 1. The van der Waals surface area contributed by atoms with E-state index in [0.717, 1.165) is 10.2 Å². The third-order valence-corrected chi connectivity index (χ3v) is 3.03. The van der Waals surface area contributed by atoms with E-state index in [-0.39, 0.29) is 24.7 Å². The largest absolute Gasteiger partial charge is 0.497 e. The average molecular weight is 320 g/mol.